The van der Waals surface area contributed by atoms with Crippen LogP contribution in [0.4, 0.5) is 0 Å². The third kappa shape index (κ3) is 71.3. The summed E-state index contributed by atoms with van der Waals surface area (Å²) in [6.07, 6.45) is 0. The lowest BCUT2D eigenvalue weighted by Gasteiger charge is -1.88. The van der Waals surface area contributed by atoms with Crippen molar-refractivity contribution in [1.29, 1.82) is 0 Å². The third-order valence-corrected chi connectivity index (χ3v) is 0. The largest absolute Gasteiger partial charge is 0.342 e. The first-order valence-corrected chi connectivity index (χ1v) is 1.50. The van der Waals surface area contributed by atoms with Crippen LogP contribution in [0.2, 0.25) is 0 Å². The van der Waals surface area contributed by atoms with Crippen LogP contribution in [-0.4, -0.2) is 21.1 Å². The molecule has 5 heavy (non-hydrogen) atoms. The molecule has 1 nitrogen and oxygen atoms in total. The van der Waals surface area contributed by atoms with Gasteiger partial charge in [0.25, 0.3) is 0 Å². The van der Waals surface area contributed by atoms with Crippen LogP contribution in [-0.2, 0) is 0 Å². The minimum absolute atomic E-state index is 0. The molecule has 0 saturated heterocycles. The fourth-order valence-electron chi connectivity index (χ4n) is 0. The van der Waals surface area contributed by atoms with Crippen molar-refractivity contribution in [3.05, 3.63) is 0 Å². The van der Waals surface area contributed by atoms with Crippen molar-refractivity contribution in [2.24, 2.45) is 0 Å². The van der Waals surface area contributed by atoms with E-state index in [1.165, 1.54) is 4.90 Å². The van der Waals surface area contributed by atoms with Crippen LogP contribution in [0.25, 0.3) is 0 Å². The Balaban J connectivity index is 0. The zero-order chi connectivity index (χ0) is 3.58. The zero-order valence-corrected chi connectivity index (χ0v) is 6.24. The highest BCUT2D eigenvalue weighted by molar-refractivity contribution is 14.0. The van der Waals surface area contributed by atoms with Crippen LogP contribution in [0.5, 0.6) is 0 Å². The quantitative estimate of drug-likeness (QED) is 0.483. The molecule has 0 spiro atoms. The molecule has 0 fully saturated rings. The van der Waals surface area contributed by atoms with Gasteiger partial charge in [-0.3, -0.25) is 0 Å². The first-order chi connectivity index (χ1) is 1.73. The Morgan fingerprint density at radius 3 is 1.00 bits per heavy atom. The van der Waals surface area contributed by atoms with E-state index in [0.717, 1.165) is 0 Å². The van der Waals surface area contributed by atoms with Crippen molar-refractivity contribution in [3.8, 4) is 0 Å². The van der Waals surface area contributed by atoms with Crippen molar-refractivity contribution in [2.45, 2.75) is 0 Å². The fraction of sp³-hybridized carbons (Fsp3) is 1.00. The predicted molar refractivity (Wildman–Crippen MR) is 34.1 cm³/mol. The van der Waals surface area contributed by atoms with Crippen molar-refractivity contribution in [1.82, 2.24) is 0 Å². The minimum atomic E-state index is 0. The molecule has 0 saturated carbocycles. The molecule has 0 aromatic heterocycles. The number of quaternary nitrogens is 1. The molecular weight excluding hydrogens is 177 g/mol. The summed E-state index contributed by atoms with van der Waals surface area (Å²) in [5.41, 5.74) is 0. The summed E-state index contributed by atoms with van der Waals surface area (Å²) in [6.45, 7) is 0. The van der Waals surface area contributed by atoms with E-state index in [-0.39, 0.29) is 24.0 Å². The van der Waals surface area contributed by atoms with Crippen LogP contribution in [0.15, 0.2) is 0 Å². The Hall–Kier alpha value is 0.690. The van der Waals surface area contributed by atoms with Gasteiger partial charge in [-0.2, -0.15) is 0 Å². The third-order valence-electron chi connectivity index (χ3n) is 0. The highest BCUT2D eigenvalue weighted by Gasteiger charge is 1.61. The molecule has 0 aliphatic carbocycles. The summed E-state index contributed by atoms with van der Waals surface area (Å²) < 4.78 is 0. The van der Waals surface area contributed by atoms with Crippen LogP contribution in [0.3, 0.4) is 0 Å². The van der Waals surface area contributed by atoms with Gasteiger partial charge in [0.05, 0.1) is 21.1 Å². The van der Waals surface area contributed by atoms with Crippen molar-refractivity contribution in [3.63, 3.8) is 0 Å². The maximum Gasteiger partial charge on any atom is 0.0661 e. The zero-order valence-electron chi connectivity index (χ0n) is 3.91. The standard InChI is InChI=1S/C3H9N.HI/c1-4(2)3;/h1-3H3;1H/p+1. The minimum Gasteiger partial charge on any atom is -0.342 e. The van der Waals surface area contributed by atoms with Gasteiger partial charge in [0.1, 0.15) is 0 Å². The van der Waals surface area contributed by atoms with Gasteiger partial charge in [0.15, 0.2) is 0 Å². The maximum atomic E-state index is 2.08. The number of hydrogen-bond donors (Lipinski definition) is 1. The van der Waals surface area contributed by atoms with Crippen LogP contribution in [0.1, 0.15) is 0 Å². The van der Waals surface area contributed by atoms with Gasteiger partial charge >= 0.3 is 0 Å². The molecule has 0 unspecified atom stereocenters. The smallest absolute Gasteiger partial charge is 0.0661 e. The SMILES string of the molecule is C[NH+](C)C.I. The maximum absolute atomic E-state index is 2.08. The van der Waals surface area contributed by atoms with Gasteiger partial charge in [-0.25, -0.2) is 0 Å². The summed E-state index contributed by atoms with van der Waals surface area (Å²) in [5, 5.41) is 0. The van der Waals surface area contributed by atoms with E-state index in [9.17, 15) is 0 Å². The Morgan fingerprint density at radius 2 is 1.00 bits per heavy atom. The topological polar surface area (TPSA) is 4.44 Å². The molecule has 0 radical (unpaired) electrons. The highest BCUT2D eigenvalue weighted by atomic mass is 127. The van der Waals surface area contributed by atoms with Gasteiger partial charge in [-0.05, 0) is 0 Å². The van der Waals surface area contributed by atoms with Gasteiger partial charge in [-0.1, -0.05) is 0 Å². The van der Waals surface area contributed by atoms with E-state index >= 15 is 0 Å². The predicted octanol–water partition coefficient (Wildman–Crippen LogP) is -0.621. The Kier molecular flexibility index (Phi) is 8.62. The van der Waals surface area contributed by atoms with Gasteiger partial charge in [-0.15, -0.1) is 24.0 Å². The monoisotopic (exact) mass is 188 g/mol. The fourth-order valence-corrected chi connectivity index (χ4v) is 0. The normalized spacial score (nSPS) is 7.20. The summed E-state index contributed by atoms with van der Waals surface area (Å²) in [5.74, 6) is 0. The molecule has 0 heterocycles. The Labute approximate surface area is 50.4 Å². The molecule has 34 valence electrons. The molecule has 0 aliphatic rings. The molecule has 0 aromatic rings. The molecule has 0 atom stereocenters. The van der Waals surface area contributed by atoms with Gasteiger partial charge in [0, 0.05) is 0 Å². The number of halogens is 1. The number of hydrogen-bond acceptors (Lipinski definition) is 0. The average Bonchev–Trinajstić information content (AvgIpc) is 0.811. The van der Waals surface area contributed by atoms with E-state index in [4.69, 9.17) is 0 Å². The molecule has 1 N–H and O–H groups in total. The van der Waals surface area contributed by atoms with Crippen LogP contribution >= 0.6 is 24.0 Å². The lowest BCUT2D eigenvalue weighted by molar-refractivity contribution is -0.836. The second-order valence-electron chi connectivity index (χ2n) is 1.50. The lowest BCUT2D eigenvalue weighted by atomic mass is 11.0. The Morgan fingerprint density at radius 1 is 1.00 bits per heavy atom. The molecule has 0 rings (SSSR count). The van der Waals surface area contributed by atoms with Crippen molar-refractivity contribution in [2.75, 3.05) is 21.1 Å². The molecule has 0 bridgehead atoms. The van der Waals surface area contributed by atoms with E-state index in [1.54, 1.807) is 0 Å². The summed E-state index contributed by atoms with van der Waals surface area (Å²) >= 11 is 0. The summed E-state index contributed by atoms with van der Waals surface area (Å²) in [4.78, 5) is 1.42. The first-order valence-electron chi connectivity index (χ1n) is 1.50. The van der Waals surface area contributed by atoms with Gasteiger partial charge < -0.3 is 4.90 Å². The van der Waals surface area contributed by atoms with Crippen molar-refractivity contribution < 1.29 is 4.90 Å². The number of nitrogens with one attached hydrogen (secondary N) is 1. The second-order valence-corrected chi connectivity index (χ2v) is 1.50. The van der Waals surface area contributed by atoms with Crippen LogP contribution in [0, 0.1) is 0 Å². The molecule has 0 aromatic carbocycles. The Bertz CT molecular complexity index is 11.6. The molecular formula is C3H11IN+. The van der Waals surface area contributed by atoms with E-state index in [1.807, 2.05) is 0 Å². The van der Waals surface area contributed by atoms with Crippen LogP contribution < -0.4 is 4.90 Å². The second kappa shape index (κ2) is 4.69. The van der Waals surface area contributed by atoms with E-state index in [2.05, 4.69) is 21.1 Å². The summed E-state index contributed by atoms with van der Waals surface area (Å²) in [7, 11) is 6.25. The van der Waals surface area contributed by atoms with E-state index in [0.29, 0.717) is 0 Å². The first kappa shape index (κ1) is 9.19. The molecule has 2 heteroatoms. The highest BCUT2D eigenvalue weighted by Crippen LogP contribution is 0.886. The van der Waals surface area contributed by atoms with Crippen molar-refractivity contribution >= 4 is 24.0 Å². The summed E-state index contributed by atoms with van der Waals surface area (Å²) in [6, 6.07) is 0. The molecule has 0 aliphatic heterocycles. The molecule has 0 amide bonds. The number of rotatable bonds is 0. The average molecular weight is 188 g/mol. The van der Waals surface area contributed by atoms with E-state index < -0.39 is 0 Å². The van der Waals surface area contributed by atoms with Gasteiger partial charge in [0.2, 0.25) is 0 Å². The lowest BCUT2D eigenvalue weighted by Crippen LogP contribution is -3.02.